The molecule has 0 aliphatic heterocycles. The van der Waals surface area contributed by atoms with E-state index in [1.165, 1.54) is 0 Å². The van der Waals surface area contributed by atoms with E-state index in [9.17, 15) is 9.59 Å². The molecule has 6 nitrogen and oxygen atoms in total. The summed E-state index contributed by atoms with van der Waals surface area (Å²) in [7, 11) is 0. The molecule has 0 aliphatic rings. The zero-order valence-corrected chi connectivity index (χ0v) is 16.3. The number of carbonyl (C=O) groups is 2. The molecule has 4 unspecified atom stereocenters. The lowest BCUT2D eigenvalue weighted by Gasteiger charge is -2.19. The van der Waals surface area contributed by atoms with Crippen LogP contribution in [0.5, 0.6) is 0 Å². The topological polar surface area (TPSA) is 71.1 Å². The van der Waals surface area contributed by atoms with Gasteiger partial charge in [-0.05, 0) is 33.1 Å². The lowest BCUT2D eigenvalue weighted by atomic mass is 10.0. The summed E-state index contributed by atoms with van der Waals surface area (Å²) in [5.41, 5.74) is 0. The van der Waals surface area contributed by atoms with Crippen LogP contribution in [0.15, 0.2) is 12.7 Å². The monoisotopic (exact) mass is 358 g/mol. The van der Waals surface area contributed by atoms with Crippen LogP contribution in [0.2, 0.25) is 0 Å². The molecular weight excluding hydrogens is 324 g/mol. The van der Waals surface area contributed by atoms with Crippen LogP contribution in [0.4, 0.5) is 0 Å². The molecule has 0 spiro atoms. The molecule has 0 saturated heterocycles. The van der Waals surface area contributed by atoms with E-state index in [2.05, 4.69) is 20.4 Å². The van der Waals surface area contributed by atoms with E-state index in [1.54, 1.807) is 6.92 Å². The number of hydrogen-bond donors (Lipinski definition) is 0. The van der Waals surface area contributed by atoms with Crippen LogP contribution in [0, 0.1) is 5.92 Å². The summed E-state index contributed by atoms with van der Waals surface area (Å²) in [6.07, 6.45) is 2.78. The van der Waals surface area contributed by atoms with Gasteiger partial charge in [-0.3, -0.25) is 4.79 Å². The molecule has 0 fully saturated rings. The van der Waals surface area contributed by atoms with E-state index in [0.29, 0.717) is 18.9 Å². The molecule has 4 atom stereocenters. The third-order valence-corrected chi connectivity index (χ3v) is 3.73. The van der Waals surface area contributed by atoms with E-state index >= 15 is 0 Å². The van der Waals surface area contributed by atoms with Crippen LogP contribution in [0.1, 0.15) is 53.9 Å². The Balaban J connectivity index is 3.79. The predicted octanol–water partition coefficient (Wildman–Crippen LogP) is 3.28. The minimum atomic E-state index is -0.469. The maximum atomic E-state index is 11.6. The van der Waals surface area contributed by atoms with Crippen molar-refractivity contribution in [2.24, 2.45) is 5.92 Å². The molecule has 0 amide bonds. The summed E-state index contributed by atoms with van der Waals surface area (Å²) in [5, 5.41) is 0. The first-order valence-corrected chi connectivity index (χ1v) is 9.00. The van der Waals surface area contributed by atoms with Gasteiger partial charge in [0.2, 0.25) is 0 Å². The van der Waals surface area contributed by atoms with Gasteiger partial charge in [-0.15, -0.1) is 0 Å². The molecule has 0 bridgehead atoms. The van der Waals surface area contributed by atoms with Crippen LogP contribution in [0.3, 0.4) is 0 Å². The molecule has 0 N–H and O–H groups in total. The minimum Gasteiger partial charge on any atom is -0.463 e. The van der Waals surface area contributed by atoms with Gasteiger partial charge >= 0.3 is 11.9 Å². The van der Waals surface area contributed by atoms with Gasteiger partial charge in [0.05, 0.1) is 25.4 Å². The lowest BCUT2D eigenvalue weighted by molar-refractivity contribution is -0.151. The van der Waals surface area contributed by atoms with Gasteiger partial charge in [0.25, 0.3) is 0 Å². The van der Waals surface area contributed by atoms with Gasteiger partial charge in [0.1, 0.15) is 12.7 Å². The fourth-order valence-electron chi connectivity index (χ4n) is 1.83. The zero-order chi connectivity index (χ0) is 19.2. The number of ether oxygens (including phenoxy) is 4. The van der Waals surface area contributed by atoms with Crippen molar-refractivity contribution >= 4 is 11.9 Å². The maximum Gasteiger partial charge on any atom is 0.330 e. The fourth-order valence-corrected chi connectivity index (χ4v) is 1.83. The highest BCUT2D eigenvalue weighted by atomic mass is 16.6. The highest BCUT2D eigenvalue weighted by Gasteiger charge is 2.13. The summed E-state index contributed by atoms with van der Waals surface area (Å²) < 4.78 is 21.4. The van der Waals surface area contributed by atoms with E-state index in [-0.39, 0.29) is 37.5 Å². The molecule has 0 aromatic rings. The van der Waals surface area contributed by atoms with Crippen molar-refractivity contribution in [2.75, 3.05) is 19.8 Å². The fraction of sp³-hybridized carbons (Fsp3) is 0.789. The second-order valence-corrected chi connectivity index (χ2v) is 6.47. The molecule has 0 aromatic carbocycles. The molecule has 0 heterocycles. The van der Waals surface area contributed by atoms with Crippen molar-refractivity contribution in [3.8, 4) is 0 Å². The first-order chi connectivity index (χ1) is 11.8. The van der Waals surface area contributed by atoms with Gasteiger partial charge < -0.3 is 18.9 Å². The molecule has 0 radical (unpaired) electrons. The normalized spacial score (nSPS) is 15.7. The third kappa shape index (κ3) is 13.6. The molecule has 0 rings (SSSR count). The Kier molecular flexibility index (Phi) is 13.1. The summed E-state index contributed by atoms with van der Waals surface area (Å²) in [5.74, 6) is -0.117. The summed E-state index contributed by atoms with van der Waals surface area (Å²) >= 11 is 0. The van der Waals surface area contributed by atoms with Crippen molar-refractivity contribution in [1.82, 2.24) is 0 Å². The quantitative estimate of drug-likeness (QED) is 0.350. The molecule has 6 heteroatoms. The maximum absolute atomic E-state index is 11.6. The zero-order valence-electron chi connectivity index (χ0n) is 16.3. The third-order valence-electron chi connectivity index (χ3n) is 3.73. The highest BCUT2D eigenvalue weighted by Crippen LogP contribution is 2.10. The Morgan fingerprint density at radius 1 is 0.960 bits per heavy atom. The van der Waals surface area contributed by atoms with Gasteiger partial charge in [0.15, 0.2) is 0 Å². The van der Waals surface area contributed by atoms with Crippen molar-refractivity contribution < 1.29 is 28.5 Å². The van der Waals surface area contributed by atoms with Crippen LogP contribution in [0.25, 0.3) is 0 Å². The average molecular weight is 358 g/mol. The standard InChI is InChI=1S/C19H34O6/c1-7-14(3)9-10-19(21)24-12-16(5)22-11-15(4)23-13-17(6)25-18(20)8-2/h8,14-17H,2,7,9-13H2,1,3-6H3. The smallest absolute Gasteiger partial charge is 0.330 e. The van der Waals surface area contributed by atoms with E-state index < -0.39 is 5.97 Å². The predicted molar refractivity (Wildman–Crippen MR) is 96.2 cm³/mol. The van der Waals surface area contributed by atoms with E-state index in [0.717, 1.165) is 18.9 Å². The average Bonchev–Trinajstić information content (AvgIpc) is 2.60. The van der Waals surface area contributed by atoms with Crippen LogP contribution >= 0.6 is 0 Å². The van der Waals surface area contributed by atoms with Crippen LogP contribution in [-0.2, 0) is 28.5 Å². The molecule has 146 valence electrons. The second-order valence-electron chi connectivity index (χ2n) is 6.47. The number of carbonyl (C=O) groups excluding carboxylic acids is 2. The molecule has 0 aromatic heterocycles. The Bertz CT molecular complexity index is 395. The lowest BCUT2D eigenvalue weighted by Crippen LogP contribution is -2.27. The Hall–Kier alpha value is -1.40. The van der Waals surface area contributed by atoms with Crippen molar-refractivity contribution in [2.45, 2.75) is 72.2 Å². The highest BCUT2D eigenvalue weighted by molar-refractivity contribution is 5.81. The van der Waals surface area contributed by atoms with Crippen molar-refractivity contribution in [1.29, 1.82) is 0 Å². The van der Waals surface area contributed by atoms with Crippen molar-refractivity contribution in [3.05, 3.63) is 12.7 Å². The minimum absolute atomic E-state index is 0.159. The van der Waals surface area contributed by atoms with Gasteiger partial charge in [-0.2, -0.15) is 0 Å². The number of esters is 2. The molecule has 0 saturated carbocycles. The summed E-state index contributed by atoms with van der Waals surface area (Å²) in [4.78, 5) is 22.7. The second kappa shape index (κ2) is 13.8. The molecule has 0 aliphatic carbocycles. The van der Waals surface area contributed by atoms with Gasteiger partial charge in [-0.1, -0.05) is 26.8 Å². The summed E-state index contributed by atoms with van der Waals surface area (Å²) in [6.45, 7) is 13.9. The molecular formula is C19H34O6. The largest absolute Gasteiger partial charge is 0.463 e. The van der Waals surface area contributed by atoms with Crippen molar-refractivity contribution in [3.63, 3.8) is 0 Å². The number of hydrogen-bond acceptors (Lipinski definition) is 6. The Labute approximate surface area is 151 Å². The van der Waals surface area contributed by atoms with E-state index in [1.807, 2.05) is 13.8 Å². The Morgan fingerprint density at radius 3 is 2.08 bits per heavy atom. The van der Waals surface area contributed by atoms with Gasteiger partial charge in [-0.25, -0.2) is 4.79 Å². The van der Waals surface area contributed by atoms with Crippen LogP contribution in [-0.4, -0.2) is 50.1 Å². The number of rotatable bonds is 14. The SMILES string of the molecule is C=CC(=O)OC(C)COC(C)COC(C)COC(=O)CCC(C)CC. The Morgan fingerprint density at radius 2 is 1.52 bits per heavy atom. The summed E-state index contributed by atoms with van der Waals surface area (Å²) in [6, 6.07) is 0. The first-order valence-electron chi connectivity index (χ1n) is 9.00. The molecule has 25 heavy (non-hydrogen) atoms. The van der Waals surface area contributed by atoms with Crippen LogP contribution < -0.4 is 0 Å². The van der Waals surface area contributed by atoms with E-state index in [4.69, 9.17) is 18.9 Å². The first kappa shape index (κ1) is 23.6. The van der Waals surface area contributed by atoms with Gasteiger partial charge in [0, 0.05) is 12.5 Å².